The first-order chi connectivity index (χ1) is 6.20. The first-order valence-electron chi connectivity index (χ1n) is 3.91. The SMILES string of the molecule is Cc1c(S)c(=O)oc2ccccc12. The molecule has 2 nitrogen and oxygen atoms in total. The summed E-state index contributed by atoms with van der Waals surface area (Å²) in [5.41, 5.74) is 1.11. The molecule has 2 rings (SSSR count). The Hall–Kier alpha value is -1.22. The van der Waals surface area contributed by atoms with Crippen molar-refractivity contribution in [2.24, 2.45) is 0 Å². The molecule has 0 saturated carbocycles. The zero-order chi connectivity index (χ0) is 9.42. The van der Waals surface area contributed by atoms with Crippen molar-refractivity contribution < 1.29 is 4.42 Å². The predicted molar refractivity (Wildman–Crippen MR) is 54.5 cm³/mol. The zero-order valence-electron chi connectivity index (χ0n) is 7.07. The molecule has 1 heterocycles. The van der Waals surface area contributed by atoms with Crippen molar-refractivity contribution in [3.63, 3.8) is 0 Å². The Labute approximate surface area is 80.6 Å². The zero-order valence-corrected chi connectivity index (χ0v) is 7.97. The van der Waals surface area contributed by atoms with Crippen LogP contribution in [0, 0.1) is 6.92 Å². The monoisotopic (exact) mass is 192 g/mol. The van der Waals surface area contributed by atoms with Crippen LogP contribution >= 0.6 is 12.6 Å². The number of fused-ring (bicyclic) bond motifs is 1. The van der Waals surface area contributed by atoms with E-state index in [1.807, 2.05) is 25.1 Å². The first-order valence-corrected chi connectivity index (χ1v) is 4.36. The average molecular weight is 192 g/mol. The van der Waals surface area contributed by atoms with E-state index in [2.05, 4.69) is 12.6 Å². The van der Waals surface area contributed by atoms with Gasteiger partial charge in [0.15, 0.2) is 0 Å². The minimum Gasteiger partial charge on any atom is -0.422 e. The molecule has 3 heteroatoms. The number of aryl methyl sites for hydroxylation is 1. The summed E-state index contributed by atoms with van der Waals surface area (Å²) in [6.45, 7) is 1.86. The molecule has 1 aromatic heterocycles. The normalized spacial score (nSPS) is 10.6. The number of para-hydroxylation sites is 1. The van der Waals surface area contributed by atoms with Crippen LogP contribution in [-0.2, 0) is 0 Å². The number of hydrogen-bond acceptors (Lipinski definition) is 3. The highest BCUT2D eigenvalue weighted by Gasteiger charge is 2.06. The maximum Gasteiger partial charge on any atom is 0.350 e. The Kier molecular flexibility index (Phi) is 1.88. The lowest BCUT2D eigenvalue weighted by atomic mass is 10.1. The third-order valence-corrected chi connectivity index (χ3v) is 2.56. The molecule has 1 aromatic carbocycles. The van der Waals surface area contributed by atoms with Gasteiger partial charge in [0, 0.05) is 5.39 Å². The van der Waals surface area contributed by atoms with E-state index in [9.17, 15) is 4.79 Å². The summed E-state index contributed by atoms with van der Waals surface area (Å²) in [6.07, 6.45) is 0. The van der Waals surface area contributed by atoms with E-state index in [0.29, 0.717) is 10.5 Å². The summed E-state index contributed by atoms with van der Waals surface area (Å²) >= 11 is 4.08. The summed E-state index contributed by atoms with van der Waals surface area (Å²) in [5.74, 6) is 0. The molecular weight excluding hydrogens is 184 g/mol. The molecular formula is C10H8O2S. The Balaban J connectivity index is 3.02. The largest absolute Gasteiger partial charge is 0.422 e. The van der Waals surface area contributed by atoms with Gasteiger partial charge in [0.05, 0.1) is 4.90 Å². The fraction of sp³-hybridized carbons (Fsp3) is 0.100. The maximum atomic E-state index is 11.2. The Morgan fingerprint density at radius 2 is 2.00 bits per heavy atom. The van der Waals surface area contributed by atoms with E-state index >= 15 is 0 Å². The van der Waals surface area contributed by atoms with Crippen LogP contribution in [0.3, 0.4) is 0 Å². The Morgan fingerprint density at radius 1 is 1.31 bits per heavy atom. The topological polar surface area (TPSA) is 30.2 Å². The van der Waals surface area contributed by atoms with Crippen molar-refractivity contribution in [2.75, 3.05) is 0 Å². The molecule has 0 radical (unpaired) electrons. The van der Waals surface area contributed by atoms with Gasteiger partial charge in [0.25, 0.3) is 0 Å². The Bertz CT molecular complexity index is 514. The van der Waals surface area contributed by atoms with Gasteiger partial charge in [0.2, 0.25) is 0 Å². The minimum absolute atomic E-state index is 0.375. The lowest BCUT2D eigenvalue weighted by molar-refractivity contribution is 0.542. The van der Waals surface area contributed by atoms with Crippen molar-refractivity contribution >= 4 is 23.6 Å². The third-order valence-electron chi connectivity index (χ3n) is 2.04. The second-order valence-electron chi connectivity index (χ2n) is 2.86. The second-order valence-corrected chi connectivity index (χ2v) is 3.31. The molecule has 0 aliphatic carbocycles. The minimum atomic E-state index is -0.375. The van der Waals surface area contributed by atoms with Crippen molar-refractivity contribution in [1.82, 2.24) is 0 Å². The highest BCUT2D eigenvalue weighted by atomic mass is 32.1. The average Bonchev–Trinajstić information content (AvgIpc) is 2.15. The summed E-state index contributed by atoms with van der Waals surface area (Å²) < 4.78 is 5.04. The molecule has 2 aromatic rings. The number of rotatable bonds is 0. The third kappa shape index (κ3) is 1.25. The first kappa shape index (κ1) is 8.38. The van der Waals surface area contributed by atoms with Crippen LogP contribution in [0.15, 0.2) is 38.4 Å². The molecule has 0 unspecified atom stereocenters. The molecule has 66 valence electrons. The van der Waals surface area contributed by atoms with Gasteiger partial charge in [0.1, 0.15) is 5.58 Å². The van der Waals surface area contributed by atoms with Crippen LogP contribution < -0.4 is 5.63 Å². The number of benzene rings is 1. The van der Waals surface area contributed by atoms with Crippen molar-refractivity contribution in [3.05, 3.63) is 40.2 Å². The summed E-state index contributed by atoms with van der Waals surface area (Å²) in [5, 5.41) is 0.937. The molecule has 0 amide bonds. The van der Waals surface area contributed by atoms with Gasteiger partial charge in [-0.25, -0.2) is 4.79 Å². The fourth-order valence-corrected chi connectivity index (χ4v) is 1.46. The summed E-state index contributed by atoms with van der Waals surface area (Å²) in [7, 11) is 0. The van der Waals surface area contributed by atoms with E-state index < -0.39 is 0 Å². The lowest BCUT2D eigenvalue weighted by Gasteiger charge is -2.01. The molecule has 0 atom stereocenters. The van der Waals surface area contributed by atoms with Crippen LogP contribution in [0.2, 0.25) is 0 Å². The van der Waals surface area contributed by atoms with Gasteiger partial charge in [-0.1, -0.05) is 18.2 Å². The maximum absolute atomic E-state index is 11.2. The molecule has 0 aliphatic heterocycles. The van der Waals surface area contributed by atoms with Crippen LogP contribution in [0.5, 0.6) is 0 Å². The number of thiol groups is 1. The van der Waals surface area contributed by atoms with Gasteiger partial charge >= 0.3 is 5.63 Å². The van der Waals surface area contributed by atoms with Crippen molar-refractivity contribution in [2.45, 2.75) is 11.8 Å². The molecule has 0 saturated heterocycles. The molecule has 13 heavy (non-hydrogen) atoms. The van der Waals surface area contributed by atoms with E-state index in [4.69, 9.17) is 4.42 Å². The number of hydrogen-bond donors (Lipinski definition) is 1. The van der Waals surface area contributed by atoms with Crippen LogP contribution in [0.1, 0.15) is 5.56 Å². The van der Waals surface area contributed by atoms with Crippen LogP contribution in [0.4, 0.5) is 0 Å². The molecule has 0 fully saturated rings. The van der Waals surface area contributed by atoms with E-state index in [1.54, 1.807) is 6.07 Å². The van der Waals surface area contributed by atoms with Crippen LogP contribution in [-0.4, -0.2) is 0 Å². The van der Waals surface area contributed by atoms with Gasteiger partial charge in [-0.15, -0.1) is 12.6 Å². The fourth-order valence-electron chi connectivity index (χ4n) is 1.29. The summed E-state index contributed by atoms with van der Waals surface area (Å²) in [4.78, 5) is 11.6. The van der Waals surface area contributed by atoms with Crippen molar-refractivity contribution in [1.29, 1.82) is 0 Å². The van der Waals surface area contributed by atoms with Crippen molar-refractivity contribution in [3.8, 4) is 0 Å². The predicted octanol–water partition coefficient (Wildman–Crippen LogP) is 2.39. The van der Waals surface area contributed by atoms with Gasteiger partial charge in [-0.05, 0) is 18.6 Å². The smallest absolute Gasteiger partial charge is 0.350 e. The standard InChI is InChI=1S/C10H8O2S/c1-6-7-4-2-3-5-8(7)12-10(11)9(6)13/h2-5,13H,1H3. The van der Waals surface area contributed by atoms with Crippen LogP contribution in [0.25, 0.3) is 11.0 Å². The molecule has 0 spiro atoms. The van der Waals surface area contributed by atoms with Gasteiger partial charge < -0.3 is 4.42 Å². The highest BCUT2D eigenvalue weighted by molar-refractivity contribution is 7.80. The second kappa shape index (κ2) is 2.92. The van der Waals surface area contributed by atoms with Gasteiger partial charge in [-0.3, -0.25) is 0 Å². The molecule has 0 bridgehead atoms. The highest BCUT2D eigenvalue weighted by Crippen LogP contribution is 2.20. The Morgan fingerprint density at radius 3 is 2.77 bits per heavy atom. The van der Waals surface area contributed by atoms with E-state index in [0.717, 1.165) is 10.9 Å². The lowest BCUT2D eigenvalue weighted by Crippen LogP contribution is -2.02. The quantitative estimate of drug-likeness (QED) is 0.513. The van der Waals surface area contributed by atoms with E-state index in [1.165, 1.54) is 0 Å². The molecule has 0 N–H and O–H groups in total. The summed E-state index contributed by atoms with van der Waals surface area (Å²) in [6, 6.07) is 7.43. The van der Waals surface area contributed by atoms with Gasteiger partial charge in [-0.2, -0.15) is 0 Å². The molecule has 0 aliphatic rings. The van der Waals surface area contributed by atoms with E-state index in [-0.39, 0.29) is 5.63 Å².